The molecule has 12 heteroatoms. The van der Waals surface area contributed by atoms with E-state index in [0.29, 0.717) is 0 Å². The topological polar surface area (TPSA) is 190 Å². The zero-order valence-electron chi connectivity index (χ0n) is 7.15. The molecule has 0 amide bonds. The largest absolute Gasteiger partial charge is 0.412 e. The van der Waals surface area contributed by atoms with Crippen LogP contribution in [0.2, 0.25) is 0 Å². The van der Waals surface area contributed by atoms with Gasteiger partial charge in [0.2, 0.25) is 0 Å². The molecule has 0 aliphatic heterocycles. The van der Waals surface area contributed by atoms with Crippen LogP contribution in [0.15, 0.2) is 0 Å². The highest BCUT2D eigenvalue weighted by Gasteiger charge is 1.94. The van der Waals surface area contributed by atoms with Gasteiger partial charge < -0.3 is 10.6 Å². The molecule has 0 atom stereocenters. The Morgan fingerprint density at radius 1 is 0.824 bits per heavy atom. The van der Waals surface area contributed by atoms with Gasteiger partial charge in [-0.2, -0.15) is 16.8 Å². The summed E-state index contributed by atoms with van der Waals surface area (Å²) < 4.78 is 61.3. The lowest BCUT2D eigenvalue weighted by molar-refractivity contribution is 0.324. The van der Waals surface area contributed by atoms with Gasteiger partial charge in [-0.1, -0.05) is 22.3 Å². The van der Waals surface area contributed by atoms with E-state index in [-0.39, 0.29) is 27.8 Å². The average molecular weight is 308 g/mol. The van der Waals surface area contributed by atoms with Crippen LogP contribution in [0.5, 0.6) is 0 Å². The van der Waals surface area contributed by atoms with Crippen LogP contribution in [0.4, 0.5) is 0 Å². The van der Waals surface area contributed by atoms with Gasteiger partial charge in [0.15, 0.2) is 0 Å². The van der Waals surface area contributed by atoms with Crippen molar-refractivity contribution in [3.63, 3.8) is 0 Å². The molecule has 0 rings (SSSR count). The fraction of sp³-hybridized carbons (Fsp3) is 1.00. The van der Waals surface area contributed by atoms with Crippen molar-refractivity contribution >= 4 is 20.8 Å². The Morgan fingerprint density at radius 2 is 0.882 bits per heavy atom. The Bertz CT molecular complexity index is 270. The zero-order valence-corrected chi connectivity index (χ0v) is 8.78. The summed E-state index contributed by atoms with van der Waals surface area (Å²) in [6.45, 7) is 0. The molecule has 0 aromatic rings. The summed E-state index contributed by atoms with van der Waals surface area (Å²) in [6, 6.07) is 0. The molecule has 0 aliphatic carbocycles. The first-order valence-corrected chi connectivity index (χ1v) is 5.00. The van der Waals surface area contributed by atoms with E-state index < -0.39 is 20.8 Å². The summed E-state index contributed by atoms with van der Waals surface area (Å²) in [4.78, 5) is 0. The summed E-state index contributed by atoms with van der Waals surface area (Å²) >= 11 is 0. The molecule has 0 heterocycles. The van der Waals surface area contributed by atoms with Crippen molar-refractivity contribution in [3.8, 4) is 0 Å². The van der Waals surface area contributed by atoms with E-state index in [1.165, 1.54) is 0 Å². The van der Waals surface area contributed by atoms with Crippen LogP contribution in [0.25, 0.3) is 0 Å². The Morgan fingerprint density at radius 3 is 0.882 bits per heavy atom. The number of aliphatic hydroxyl groups excluding tert-OH is 1. The highest BCUT2D eigenvalue weighted by molar-refractivity contribution is 7.80. The second kappa shape index (κ2) is 21.0. The van der Waals surface area contributed by atoms with E-state index in [0.717, 1.165) is 14.2 Å². The summed E-state index contributed by atoms with van der Waals surface area (Å²) in [6.07, 6.45) is 0. The molecule has 0 spiro atoms. The van der Waals surface area contributed by atoms with Gasteiger partial charge in [-0.25, -0.2) is 0 Å². The average Bonchev–Trinajstić information content (AvgIpc) is 1.87. The van der Waals surface area contributed by atoms with E-state index in [1.54, 1.807) is 0 Å². The van der Waals surface area contributed by atoms with Crippen molar-refractivity contribution in [3.05, 3.63) is 0 Å². The smallest absolute Gasteiger partial charge is 0.397 e. The maximum Gasteiger partial charge on any atom is 0.397 e. The van der Waals surface area contributed by atoms with Gasteiger partial charge in [0.25, 0.3) is 0 Å². The fourth-order valence-electron chi connectivity index (χ4n) is 0. The van der Waals surface area contributed by atoms with E-state index in [9.17, 15) is 8.42 Å². The molecular formula is C5H24O10S2. The zero-order chi connectivity index (χ0) is 11.7. The maximum atomic E-state index is 9.33. The fourth-order valence-corrected chi connectivity index (χ4v) is 0. The Labute approximate surface area is 103 Å². The van der Waals surface area contributed by atoms with Gasteiger partial charge in [-0.3, -0.25) is 17.8 Å². The van der Waals surface area contributed by atoms with Gasteiger partial charge in [-0.15, -0.1) is 0 Å². The van der Waals surface area contributed by atoms with E-state index >= 15 is 0 Å². The number of hydrogen-bond donors (Lipinski definition) is 4. The van der Waals surface area contributed by atoms with E-state index in [4.69, 9.17) is 27.2 Å². The molecule has 116 valence electrons. The monoisotopic (exact) mass is 308 g/mol. The lowest BCUT2D eigenvalue weighted by atomic mass is 11.8. The summed E-state index contributed by atoms with van der Waals surface area (Å²) in [5, 5.41) is 7.00. The van der Waals surface area contributed by atoms with Crippen LogP contribution in [0.3, 0.4) is 0 Å². The Kier molecular flexibility index (Phi) is 54.1. The molecule has 0 radical (unpaired) electrons. The van der Waals surface area contributed by atoms with Crippen LogP contribution >= 0.6 is 0 Å². The lowest BCUT2D eigenvalue weighted by Gasteiger charge is -1.82. The maximum absolute atomic E-state index is 9.33. The van der Waals surface area contributed by atoms with Crippen LogP contribution in [0, 0.1) is 0 Å². The quantitative estimate of drug-likeness (QED) is 0.461. The minimum atomic E-state index is -4.67. The van der Waals surface area contributed by atoms with Crippen LogP contribution in [-0.2, 0) is 25.0 Å². The van der Waals surface area contributed by atoms with Crippen LogP contribution in [-0.4, -0.2) is 55.3 Å². The molecule has 0 saturated heterocycles. The van der Waals surface area contributed by atoms with Crippen molar-refractivity contribution in [2.75, 3.05) is 14.2 Å². The highest BCUT2D eigenvalue weighted by Crippen LogP contribution is 1.74. The van der Waals surface area contributed by atoms with Crippen LogP contribution in [0.1, 0.15) is 22.3 Å². The molecule has 17 heavy (non-hydrogen) atoms. The standard InChI is InChI=1S/CH4O4S.CH4O.3CH4.H2O4S.H2O/c1-5-6(2,3)4;1-2;;;;1-5(2,3)4;/h1H3,(H,2,3,4);2H,1H3;3*1H4;(H2,1,2,3,4);1H2. The molecule has 0 unspecified atom stereocenters. The molecule has 0 aromatic heterocycles. The second-order valence-corrected chi connectivity index (χ2v) is 3.13. The lowest BCUT2D eigenvalue weighted by Crippen LogP contribution is -1.96. The first kappa shape index (κ1) is 43.8. The third kappa shape index (κ3) is 413. The molecule has 0 saturated carbocycles. The molecule has 0 aromatic carbocycles. The van der Waals surface area contributed by atoms with Gasteiger partial charge in [-0.05, 0) is 0 Å². The molecule has 0 bridgehead atoms. The molecule has 0 fully saturated rings. The minimum absolute atomic E-state index is 0. The van der Waals surface area contributed by atoms with Gasteiger partial charge in [0.1, 0.15) is 0 Å². The predicted octanol–water partition coefficient (Wildman–Crippen LogP) is -0.525. The van der Waals surface area contributed by atoms with E-state index in [1.807, 2.05) is 0 Å². The molecule has 0 aliphatic rings. The number of aliphatic hydroxyl groups is 1. The normalized spacial score (nSPS) is 7.88. The highest BCUT2D eigenvalue weighted by atomic mass is 32.3. The number of rotatable bonds is 1. The summed E-state index contributed by atoms with van der Waals surface area (Å²) in [7, 11) is -6.96. The Hall–Kier alpha value is -0.340. The van der Waals surface area contributed by atoms with Crippen molar-refractivity contribution in [2.24, 2.45) is 0 Å². The minimum Gasteiger partial charge on any atom is -0.412 e. The van der Waals surface area contributed by atoms with Gasteiger partial charge >= 0.3 is 20.8 Å². The van der Waals surface area contributed by atoms with E-state index in [2.05, 4.69) is 4.18 Å². The predicted molar refractivity (Wildman–Crippen MR) is 64.7 cm³/mol. The van der Waals surface area contributed by atoms with Gasteiger partial charge in [0, 0.05) is 7.11 Å². The molecule has 10 nitrogen and oxygen atoms in total. The Balaban J connectivity index is -0.0000000171. The summed E-state index contributed by atoms with van der Waals surface area (Å²) in [5.41, 5.74) is 0. The number of hydrogen-bond acceptors (Lipinski definition) is 6. The first-order valence-electron chi connectivity index (χ1n) is 2.24. The van der Waals surface area contributed by atoms with Gasteiger partial charge in [0.05, 0.1) is 7.11 Å². The molecular weight excluding hydrogens is 284 g/mol. The van der Waals surface area contributed by atoms with Crippen molar-refractivity contribution in [1.82, 2.24) is 0 Å². The summed E-state index contributed by atoms with van der Waals surface area (Å²) in [5.74, 6) is 0. The molecule has 6 N–H and O–H groups in total. The van der Waals surface area contributed by atoms with Crippen LogP contribution < -0.4 is 0 Å². The first-order chi connectivity index (χ1) is 5.56. The van der Waals surface area contributed by atoms with Crippen molar-refractivity contribution in [1.29, 1.82) is 0 Å². The van der Waals surface area contributed by atoms with Crippen molar-refractivity contribution < 1.29 is 45.3 Å². The SMILES string of the molecule is C.C.C.CO.COS(=O)(=O)O.O.O=S(=O)(O)O. The second-order valence-electron chi connectivity index (χ2n) is 1.04. The van der Waals surface area contributed by atoms with Crippen molar-refractivity contribution in [2.45, 2.75) is 22.3 Å². The third-order valence-electron chi connectivity index (χ3n) is 0.211. The third-order valence-corrected chi connectivity index (χ3v) is 0.632.